The maximum atomic E-state index is 11.8. The second-order valence-electron chi connectivity index (χ2n) is 4.26. The number of hydrogen-bond acceptors (Lipinski definition) is 4. The fourth-order valence-corrected chi connectivity index (χ4v) is 2.48. The molecule has 0 saturated carbocycles. The van der Waals surface area contributed by atoms with Crippen LogP contribution in [0.4, 0.5) is 5.69 Å². The van der Waals surface area contributed by atoms with Gasteiger partial charge in [0.15, 0.2) is 0 Å². The SMILES string of the molecule is COC(=O)c1ccc(C)cc1N1CC(Br)=C(Br)C(=O)N1. The lowest BCUT2D eigenvalue weighted by Crippen LogP contribution is -2.47. The van der Waals surface area contributed by atoms with Crippen LogP contribution in [-0.4, -0.2) is 25.5 Å². The lowest BCUT2D eigenvalue weighted by molar-refractivity contribution is -0.117. The Morgan fingerprint density at radius 3 is 2.70 bits per heavy atom. The average molecular weight is 404 g/mol. The molecule has 106 valence electrons. The van der Waals surface area contributed by atoms with E-state index in [1.165, 1.54) is 7.11 Å². The van der Waals surface area contributed by atoms with Crippen molar-refractivity contribution in [1.82, 2.24) is 5.43 Å². The zero-order valence-corrected chi connectivity index (χ0v) is 14.0. The van der Waals surface area contributed by atoms with Crippen molar-refractivity contribution in [3.63, 3.8) is 0 Å². The van der Waals surface area contributed by atoms with E-state index < -0.39 is 5.97 Å². The van der Waals surface area contributed by atoms with E-state index in [0.29, 0.717) is 26.8 Å². The quantitative estimate of drug-likeness (QED) is 0.771. The van der Waals surface area contributed by atoms with E-state index in [1.54, 1.807) is 11.1 Å². The third-order valence-corrected chi connectivity index (χ3v) is 4.84. The van der Waals surface area contributed by atoms with Gasteiger partial charge in [-0.3, -0.25) is 15.2 Å². The van der Waals surface area contributed by atoms with E-state index in [9.17, 15) is 9.59 Å². The van der Waals surface area contributed by atoms with Crippen molar-refractivity contribution in [1.29, 1.82) is 0 Å². The first-order chi connectivity index (χ1) is 9.43. The van der Waals surface area contributed by atoms with Crippen molar-refractivity contribution in [3.05, 3.63) is 38.3 Å². The largest absolute Gasteiger partial charge is 0.465 e. The molecule has 20 heavy (non-hydrogen) atoms. The molecule has 0 radical (unpaired) electrons. The minimum absolute atomic E-state index is 0.277. The number of benzene rings is 1. The van der Waals surface area contributed by atoms with Crippen molar-refractivity contribution in [2.45, 2.75) is 6.92 Å². The highest BCUT2D eigenvalue weighted by atomic mass is 79.9. The van der Waals surface area contributed by atoms with E-state index >= 15 is 0 Å². The van der Waals surface area contributed by atoms with Crippen LogP contribution in [0.5, 0.6) is 0 Å². The fraction of sp³-hybridized carbons (Fsp3) is 0.231. The van der Waals surface area contributed by atoms with E-state index in [2.05, 4.69) is 37.3 Å². The first kappa shape index (κ1) is 15.1. The maximum Gasteiger partial charge on any atom is 0.340 e. The first-order valence-electron chi connectivity index (χ1n) is 5.75. The molecule has 1 aromatic carbocycles. The lowest BCUT2D eigenvalue weighted by atomic mass is 10.1. The van der Waals surface area contributed by atoms with Gasteiger partial charge in [0, 0.05) is 4.48 Å². The van der Waals surface area contributed by atoms with Gasteiger partial charge < -0.3 is 4.74 Å². The summed E-state index contributed by atoms with van der Waals surface area (Å²) in [5.74, 6) is -0.723. The van der Waals surface area contributed by atoms with Gasteiger partial charge in [-0.05, 0) is 40.5 Å². The third-order valence-electron chi connectivity index (χ3n) is 2.82. The number of esters is 1. The molecule has 0 bridgehead atoms. The van der Waals surface area contributed by atoms with Crippen molar-refractivity contribution >= 4 is 49.4 Å². The van der Waals surface area contributed by atoms with Gasteiger partial charge in [-0.15, -0.1) is 0 Å². The number of hydrogen-bond donors (Lipinski definition) is 1. The molecule has 1 aliphatic rings. The topological polar surface area (TPSA) is 58.6 Å². The Balaban J connectivity index is 2.45. The van der Waals surface area contributed by atoms with Gasteiger partial charge in [-0.1, -0.05) is 22.0 Å². The molecule has 1 heterocycles. The summed E-state index contributed by atoms with van der Waals surface area (Å²) in [5.41, 5.74) is 4.69. The number of nitrogens with one attached hydrogen (secondary N) is 1. The van der Waals surface area contributed by atoms with Crippen LogP contribution in [0.2, 0.25) is 0 Å². The molecule has 0 saturated heterocycles. The Morgan fingerprint density at radius 2 is 2.10 bits per heavy atom. The molecule has 1 aromatic rings. The number of rotatable bonds is 2. The van der Waals surface area contributed by atoms with Crippen LogP contribution in [0.25, 0.3) is 0 Å². The smallest absolute Gasteiger partial charge is 0.340 e. The minimum Gasteiger partial charge on any atom is -0.465 e. The Bertz CT molecular complexity index is 614. The summed E-state index contributed by atoms with van der Waals surface area (Å²) >= 11 is 6.54. The van der Waals surface area contributed by atoms with Crippen LogP contribution in [0.1, 0.15) is 15.9 Å². The average Bonchev–Trinajstić information content (AvgIpc) is 2.43. The Hall–Kier alpha value is -1.34. The molecule has 1 aliphatic heterocycles. The minimum atomic E-state index is -0.445. The fourth-order valence-electron chi connectivity index (χ4n) is 1.84. The van der Waals surface area contributed by atoms with Crippen LogP contribution in [0, 0.1) is 6.92 Å². The third kappa shape index (κ3) is 2.88. The number of amides is 1. The number of carbonyl (C=O) groups excluding carboxylic acids is 2. The number of hydrazine groups is 1. The molecule has 0 spiro atoms. The van der Waals surface area contributed by atoms with Crippen LogP contribution >= 0.6 is 31.9 Å². The van der Waals surface area contributed by atoms with Crippen molar-refractivity contribution < 1.29 is 14.3 Å². The van der Waals surface area contributed by atoms with E-state index in [-0.39, 0.29) is 5.91 Å². The van der Waals surface area contributed by atoms with E-state index in [1.807, 2.05) is 19.1 Å². The molecular weight excluding hydrogens is 392 g/mol. The van der Waals surface area contributed by atoms with Gasteiger partial charge >= 0.3 is 5.97 Å². The molecule has 0 aliphatic carbocycles. The summed E-state index contributed by atoms with van der Waals surface area (Å²) in [7, 11) is 1.33. The normalized spacial score (nSPS) is 15.2. The van der Waals surface area contributed by atoms with Crippen LogP contribution < -0.4 is 10.4 Å². The summed E-state index contributed by atoms with van der Waals surface area (Å²) in [6, 6.07) is 5.33. The highest BCUT2D eigenvalue weighted by Crippen LogP contribution is 2.29. The number of halogens is 2. The van der Waals surface area contributed by atoms with Crippen LogP contribution in [-0.2, 0) is 9.53 Å². The van der Waals surface area contributed by atoms with E-state index in [4.69, 9.17) is 4.74 Å². The second kappa shape index (κ2) is 5.97. The number of ether oxygens (including phenoxy) is 1. The molecule has 1 N–H and O–H groups in total. The summed E-state index contributed by atoms with van der Waals surface area (Å²) in [5, 5.41) is 1.61. The van der Waals surface area contributed by atoms with Gasteiger partial charge in [-0.2, -0.15) is 0 Å². The summed E-state index contributed by atoms with van der Waals surface area (Å²) < 4.78 is 5.92. The predicted octanol–water partition coefficient (Wildman–Crippen LogP) is 2.63. The van der Waals surface area contributed by atoms with Crippen molar-refractivity contribution in [2.24, 2.45) is 0 Å². The van der Waals surface area contributed by atoms with Gasteiger partial charge in [0.1, 0.15) is 0 Å². The molecule has 0 fully saturated rings. The molecule has 0 unspecified atom stereocenters. The predicted molar refractivity (Wildman–Crippen MR) is 82.9 cm³/mol. The number of anilines is 1. The van der Waals surface area contributed by atoms with Gasteiger partial charge in [0.2, 0.25) is 0 Å². The zero-order chi connectivity index (χ0) is 14.9. The monoisotopic (exact) mass is 402 g/mol. The van der Waals surface area contributed by atoms with Crippen molar-refractivity contribution in [3.8, 4) is 0 Å². The number of aryl methyl sites for hydroxylation is 1. The zero-order valence-electron chi connectivity index (χ0n) is 10.9. The van der Waals surface area contributed by atoms with Crippen LogP contribution in [0.15, 0.2) is 27.2 Å². The van der Waals surface area contributed by atoms with Crippen LogP contribution in [0.3, 0.4) is 0 Å². The second-order valence-corrected chi connectivity index (χ2v) is 6.01. The highest BCUT2D eigenvalue weighted by Gasteiger charge is 2.26. The summed E-state index contributed by atoms with van der Waals surface area (Å²) in [4.78, 5) is 23.6. The lowest BCUT2D eigenvalue weighted by Gasteiger charge is -2.30. The molecule has 2 rings (SSSR count). The molecular formula is C13H12Br2N2O3. The molecule has 7 heteroatoms. The number of nitrogens with zero attached hydrogens (tertiary/aromatic N) is 1. The van der Waals surface area contributed by atoms with Crippen molar-refractivity contribution in [2.75, 3.05) is 18.7 Å². The molecule has 5 nitrogen and oxygen atoms in total. The van der Waals surface area contributed by atoms with Gasteiger partial charge in [-0.25, -0.2) is 4.79 Å². The van der Waals surface area contributed by atoms with Gasteiger partial charge in [0.05, 0.1) is 29.4 Å². The Kier molecular flexibility index (Phi) is 4.49. The standard InChI is InChI=1S/C13H12Br2N2O3/c1-7-3-4-8(13(19)20-2)10(5-7)17-6-9(14)11(15)12(18)16-17/h3-5H,6H2,1-2H3,(H,16,18). The first-order valence-corrected chi connectivity index (χ1v) is 7.34. The molecule has 0 atom stereocenters. The molecule has 1 amide bonds. The summed E-state index contributed by atoms with van der Waals surface area (Å²) in [6.45, 7) is 2.33. The Labute approximate surface area is 133 Å². The highest BCUT2D eigenvalue weighted by molar-refractivity contribution is 9.14. The maximum absolute atomic E-state index is 11.8. The number of carbonyl (C=O) groups is 2. The number of methoxy groups -OCH3 is 1. The van der Waals surface area contributed by atoms with E-state index in [0.717, 1.165) is 5.56 Å². The van der Waals surface area contributed by atoms with Gasteiger partial charge in [0.25, 0.3) is 5.91 Å². The Morgan fingerprint density at radius 1 is 1.40 bits per heavy atom. The molecule has 0 aromatic heterocycles. The summed E-state index contributed by atoms with van der Waals surface area (Å²) in [6.07, 6.45) is 0.